The minimum absolute atomic E-state index is 0.283. The zero-order valence-corrected chi connectivity index (χ0v) is 13.5. The van der Waals surface area contributed by atoms with Gasteiger partial charge in [-0.1, -0.05) is 17.7 Å². The summed E-state index contributed by atoms with van der Waals surface area (Å²) in [6.45, 7) is 1.46. The standard InChI is InChI=1S/C17H13ClN2O4/c1-10-2-4-12(7-13(10)18)20-16(21)8-23-17(22)11-3-5-14-15(6-11)24-9-19-14/h2-7,9H,8H2,1H3,(H,20,21). The number of hydrogen-bond acceptors (Lipinski definition) is 5. The van der Waals surface area contributed by atoms with Crippen molar-refractivity contribution in [1.82, 2.24) is 4.98 Å². The predicted octanol–water partition coefficient (Wildman–Crippen LogP) is 3.59. The molecule has 0 atom stereocenters. The minimum atomic E-state index is -0.620. The average Bonchev–Trinajstić information content (AvgIpc) is 3.03. The van der Waals surface area contributed by atoms with Gasteiger partial charge in [-0.3, -0.25) is 4.79 Å². The molecule has 3 rings (SSSR count). The minimum Gasteiger partial charge on any atom is -0.452 e. The topological polar surface area (TPSA) is 81.4 Å². The molecule has 24 heavy (non-hydrogen) atoms. The van der Waals surface area contributed by atoms with Crippen LogP contribution in [0, 0.1) is 6.92 Å². The van der Waals surface area contributed by atoms with Crippen LogP contribution in [0.15, 0.2) is 47.2 Å². The molecule has 3 aromatic rings. The lowest BCUT2D eigenvalue weighted by Gasteiger charge is -2.08. The summed E-state index contributed by atoms with van der Waals surface area (Å²) in [6, 6.07) is 9.86. The van der Waals surface area contributed by atoms with Crippen LogP contribution in [0.1, 0.15) is 15.9 Å². The maximum atomic E-state index is 12.0. The Morgan fingerprint density at radius 1 is 1.25 bits per heavy atom. The van der Waals surface area contributed by atoms with Crippen molar-refractivity contribution in [1.29, 1.82) is 0 Å². The average molecular weight is 345 g/mol. The highest BCUT2D eigenvalue weighted by Crippen LogP contribution is 2.20. The smallest absolute Gasteiger partial charge is 0.338 e. The number of nitrogens with one attached hydrogen (secondary N) is 1. The highest BCUT2D eigenvalue weighted by molar-refractivity contribution is 6.31. The highest BCUT2D eigenvalue weighted by Gasteiger charge is 2.12. The van der Waals surface area contributed by atoms with Gasteiger partial charge in [0.25, 0.3) is 5.91 Å². The van der Waals surface area contributed by atoms with Crippen LogP contribution >= 0.6 is 11.6 Å². The Labute approximate surface area is 142 Å². The van der Waals surface area contributed by atoms with E-state index in [0.29, 0.717) is 21.8 Å². The van der Waals surface area contributed by atoms with Crippen LogP contribution < -0.4 is 5.32 Å². The number of esters is 1. The summed E-state index contributed by atoms with van der Waals surface area (Å²) < 4.78 is 10.1. The Hall–Kier alpha value is -2.86. The van der Waals surface area contributed by atoms with E-state index >= 15 is 0 Å². The van der Waals surface area contributed by atoms with Gasteiger partial charge in [-0.15, -0.1) is 0 Å². The van der Waals surface area contributed by atoms with E-state index in [2.05, 4.69) is 10.3 Å². The Bertz CT molecular complexity index is 920. The molecule has 122 valence electrons. The SMILES string of the molecule is Cc1ccc(NC(=O)COC(=O)c2ccc3ncoc3c2)cc1Cl. The Kier molecular flexibility index (Phi) is 4.48. The van der Waals surface area contributed by atoms with Crippen molar-refractivity contribution in [2.75, 3.05) is 11.9 Å². The molecule has 0 fully saturated rings. The monoisotopic (exact) mass is 344 g/mol. The van der Waals surface area contributed by atoms with Crippen LogP contribution in [0.25, 0.3) is 11.1 Å². The van der Waals surface area contributed by atoms with Gasteiger partial charge in [0.1, 0.15) is 5.52 Å². The van der Waals surface area contributed by atoms with E-state index in [4.69, 9.17) is 20.8 Å². The van der Waals surface area contributed by atoms with Crippen LogP contribution in [-0.4, -0.2) is 23.5 Å². The lowest BCUT2D eigenvalue weighted by molar-refractivity contribution is -0.119. The molecule has 1 heterocycles. The molecule has 1 amide bonds. The number of amides is 1. The number of oxazole rings is 1. The molecule has 6 nitrogen and oxygen atoms in total. The Balaban J connectivity index is 1.58. The number of carbonyl (C=O) groups excluding carboxylic acids is 2. The molecule has 0 aliphatic rings. The van der Waals surface area contributed by atoms with Gasteiger partial charge >= 0.3 is 5.97 Å². The third kappa shape index (κ3) is 3.55. The van der Waals surface area contributed by atoms with Gasteiger partial charge in [-0.05, 0) is 42.8 Å². The highest BCUT2D eigenvalue weighted by atomic mass is 35.5. The van der Waals surface area contributed by atoms with Crippen molar-refractivity contribution in [3.63, 3.8) is 0 Å². The summed E-state index contributed by atoms with van der Waals surface area (Å²) in [5, 5.41) is 3.16. The van der Waals surface area contributed by atoms with Gasteiger partial charge in [0.05, 0.1) is 5.56 Å². The third-order valence-electron chi connectivity index (χ3n) is 3.36. The molecule has 0 aliphatic heterocycles. The van der Waals surface area contributed by atoms with Gasteiger partial charge < -0.3 is 14.5 Å². The van der Waals surface area contributed by atoms with E-state index in [1.54, 1.807) is 30.3 Å². The summed E-state index contributed by atoms with van der Waals surface area (Å²) in [4.78, 5) is 27.8. The molecule has 7 heteroatoms. The van der Waals surface area contributed by atoms with Gasteiger partial charge in [0.15, 0.2) is 18.6 Å². The zero-order chi connectivity index (χ0) is 17.1. The zero-order valence-electron chi connectivity index (χ0n) is 12.7. The quantitative estimate of drug-likeness (QED) is 0.731. The number of nitrogens with zero attached hydrogens (tertiary/aromatic N) is 1. The predicted molar refractivity (Wildman–Crippen MR) is 89.1 cm³/mol. The summed E-state index contributed by atoms with van der Waals surface area (Å²) in [5.74, 6) is -1.07. The number of ether oxygens (including phenoxy) is 1. The third-order valence-corrected chi connectivity index (χ3v) is 3.76. The van der Waals surface area contributed by atoms with Crippen molar-refractivity contribution in [2.45, 2.75) is 6.92 Å². The lowest BCUT2D eigenvalue weighted by atomic mass is 10.2. The molecular formula is C17H13ClN2O4. The number of aromatic nitrogens is 1. The van der Waals surface area contributed by atoms with E-state index in [9.17, 15) is 9.59 Å². The molecule has 1 aromatic heterocycles. The molecule has 0 aliphatic carbocycles. The van der Waals surface area contributed by atoms with Crippen LogP contribution in [0.3, 0.4) is 0 Å². The first-order valence-electron chi connectivity index (χ1n) is 7.09. The van der Waals surface area contributed by atoms with Gasteiger partial charge in [-0.25, -0.2) is 9.78 Å². The number of aryl methyl sites for hydroxylation is 1. The molecule has 2 aromatic carbocycles. The van der Waals surface area contributed by atoms with Gasteiger partial charge in [0.2, 0.25) is 0 Å². The van der Waals surface area contributed by atoms with Crippen LogP contribution in [0.2, 0.25) is 5.02 Å². The molecule has 0 radical (unpaired) electrons. The Morgan fingerprint density at radius 2 is 2.08 bits per heavy atom. The van der Waals surface area contributed by atoms with Crippen molar-refractivity contribution in [3.05, 3.63) is 58.9 Å². The summed E-state index contributed by atoms with van der Waals surface area (Å²) in [7, 11) is 0. The molecule has 0 bridgehead atoms. The Morgan fingerprint density at radius 3 is 2.88 bits per heavy atom. The number of fused-ring (bicyclic) bond motifs is 1. The van der Waals surface area contributed by atoms with Gasteiger partial charge in [-0.2, -0.15) is 0 Å². The van der Waals surface area contributed by atoms with Crippen molar-refractivity contribution >= 4 is 40.3 Å². The van der Waals surface area contributed by atoms with E-state index in [0.717, 1.165) is 5.56 Å². The fraction of sp³-hybridized carbons (Fsp3) is 0.118. The first-order valence-corrected chi connectivity index (χ1v) is 7.47. The molecule has 0 spiro atoms. The maximum Gasteiger partial charge on any atom is 0.338 e. The maximum absolute atomic E-state index is 12.0. The number of anilines is 1. The van der Waals surface area contributed by atoms with E-state index in [1.165, 1.54) is 12.5 Å². The number of carbonyl (C=O) groups is 2. The number of rotatable bonds is 4. The van der Waals surface area contributed by atoms with E-state index < -0.39 is 18.5 Å². The van der Waals surface area contributed by atoms with Crippen molar-refractivity contribution in [3.8, 4) is 0 Å². The fourth-order valence-corrected chi connectivity index (χ4v) is 2.24. The second kappa shape index (κ2) is 6.72. The van der Waals surface area contributed by atoms with Crippen LogP contribution in [-0.2, 0) is 9.53 Å². The van der Waals surface area contributed by atoms with E-state index in [1.807, 2.05) is 6.92 Å². The number of hydrogen-bond donors (Lipinski definition) is 1. The summed E-state index contributed by atoms with van der Waals surface area (Å²) in [5.41, 5.74) is 2.84. The first-order chi connectivity index (χ1) is 11.5. The molecular weight excluding hydrogens is 332 g/mol. The largest absolute Gasteiger partial charge is 0.452 e. The van der Waals surface area contributed by atoms with Crippen molar-refractivity contribution < 1.29 is 18.7 Å². The molecule has 0 unspecified atom stereocenters. The van der Waals surface area contributed by atoms with Crippen LogP contribution in [0.4, 0.5) is 5.69 Å². The molecule has 0 saturated carbocycles. The van der Waals surface area contributed by atoms with Crippen LogP contribution in [0.5, 0.6) is 0 Å². The summed E-state index contributed by atoms with van der Waals surface area (Å²) in [6.07, 6.45) is 1.29. The number of halogens is 1. The fourth-order valence-electron chi connectivity index (χ4n) is 2.06. The normalized spacial score (nSPS) is 10.6. The summed E-state index contributed by atoms with van der Waals surface area (Å²) >= 11 is 5.99. The molecule has 0 saturated heterocycles. The van der Waals surface area contributed by atoms with Crippen molar-refractivity contribution in [2.24, 2.45) is 0 Å². The molecule has 1 N–H and O–H groups in total. The van der Waals surface area contributed by atoms with E-state index in [-0.39, 0.29) is 5.56 Å². The lowest BCUT2D eigenvalue weighted by Crippen LogP contribution is -2.20. The van der Waals surface area contributed by atoms with Gasteiger partial charge in [0, 0.05) is 10.7 Å². The second-order valence-corrected chi connectivity index (χ2v) is 5.53. The number of benzene rings is 2. The second-order valence-electron chi connectivity index (χ2n) is 5.12. The first kappa shape index (κ1) is 16.0.